The molecular weight excluding hydrogens is 332 g/mol. The standard InChI is InChI=1S/C12H9BrN2O3S/c13-7-2-1-3-9-10(7)14-12(19-9)15-11(16)8-6-17-4-5-18-8/h1-3,6H,4-5H2,(H,14,15,16). The van der Waals surface area contributed by atoms with Gasteiger partial charge in [0.15, 0.2) is 5.13 Å². The monoisotopic (exact) mass is 340 g/mol. The Bertz CT molecular complexity index is 668. The summed E-state index contributed by atoms with van der Waals surface area (Å²) in [5.41, 5.74) is 0.831. The van der Waals surface area contributed by atoms with E-state index >= 15 is 0 Å². The number of carbonyl (C=O) groups excluding carboxylic acids is 1. The van der Waals surface area contributed by atoms with Crippen LogP contribution in [-0.2, 0) is 14.3 Å². The first-order chi connectivity index (χ1) is 9.24. The molecule has 1 aromatic heterocycles. The summed E-state index contributed by atoms with van der Waals surface area (Å²) in [6, 6.07) is 5.79. The summed E-state index contributed by atoms with van der Waals surface area (Å²) < 4.78 is 12.1. The molecule has 0 atom stereocenters. The second-order valence-corrected chi connectivity index (χ2v) is 5.65. The zero-order valence-corrected chi connectivity index (χ0v) is 12.1. The number of halogens is 1. The maximum atomic E-state index is 11.9. The quantitative estimate of drug-likeness (QED) is 0.913. The summed E-state index contributed by atoms with van der Waals surface area (Å²) >= 11 is 4.84. The second kappa shape index (κ2) is 5.18. The first-order valence-corrected chi connectivity index (χ1v) is 7.16. The average molecular weight is 341 g/mol. The SMILES string of the molecule is O=C(Nc1nc2c(Br)cccc2s1)C1=COCCO1. The Labute approximate surface area is 121 Å². The molecule has 19 heavy (non-hydrogen) atoms. The molecule has 1 aliphatic heterocycles. The van der Waals surface area contributed by atoms with Crippen molar-refractivity contribution in [3.8, 4) is 0 Å². The molecular formula is C12H9BrN2O3S. The second-order valence-electron chi connectivity index (χ2n) is 3.76. The van der Waals surface area contributed by atoms with Gasteiger partial charge in [0.25, 0.3) is 5.91 Å². The number of nitrogens with zero attached hydrogens (tertiary/aromatic N) is 1. The van der Waals surface area contributed by atoms with Gasteiger partial charge in [-0.15, -0.1) is 0 Å². The van der Waals surface area contributed by atoms with Crippen LogP contribution in [-0.4, -0.2) is 24.1 Å². The Morgan fingerprint density at radius 3 is 3.05 bits per heavy atom. The molecule has 0 spiro atoms. The zero-order valence-electron chi connectivity index (χ0n) is 9.68. The molecule has 5 nitrogen and oxygen atoms in total. The molecule has 1 aliphatic rings. The van der Waals surface area contributed by atoms with Crippen molar-refractivity contribution in [2.24, 2.45) is 0 Å². The van der Waals surface area contributed by atoms with E-state index in [2.05, 4.69) is 26.2 Å². The van der Waals surface area contributed by atoms with Gasteiger partial charge < -0.3 is 9.47 Å². The van der Waals surface area contributed by atoms with E-state index in [1.807, 2.05) is 18.2 Å². The van der Waals surface area contributed by atoms with Crippen LogP contribution in [0.15, 0.2) is 34.7 Å². The molecule has 0 saturated heterocycles. The zero-order chi connectivity index (χ0) is 13.2. The Kier molecular flexibility index (Phi) is 3.39. The number of hydrogen-bond donors (Lipinski definition) is 1. The van der Waals surface area contributed by atoms with Crippen molar-refractivity contribution in [1.29, 1.82) is 0 Å². The summed E-state index contributed by atoms with van der Waals surface area (Å²) in [7, 11) is 0. The first kappa shape index (κ1) is 12.4. The highest BCUT2D eigenvalue weighted by molar-refractivity contribution is 9.10. The van der Waals surface area contributed by atoms with Crippen molar-refractivity contribution in [1.82, 2.24) is 4.98 Å². The van der Waals surface area contributed by atoms with Crippen LogP contribution < -0.4 is 5.32 Å². The molecule has 0 aliphatic carbocycles. The summed E-state index contributed by atoms with van der Waals surface area (Å²) in [6.45, 7) is 0.843. The van der Waals surface area contributed by atoms with E-state index in [1.54, 1.807) is 0 Å². The number of amides is 1. The van der Waals surface area contributed by atoms with Gasteiger partial charge in [-0.2, -0.15) is 0 Å². The highest BCUT2D eigenvalue weighted by Crippen LogP contribution is 2.31. The van der Waals surface area contributed by atoms with Gasteiger partial charge in [0.05, 0.1) is 10.2 Å². The number of benzene rings is 1. The van der Waals surface area contributed by atoms with Gasteiger partial charge in [-0.3, -0.25) is 10.1 Å². The molecule has 98 valence electrons. The molecule has 0 bridgehead atoms. The molecule has 1 aromatic carbocycles. The summed E-state index contributed by atoms with van der Waals surface area (Å²) in [4.78, 5) is 16.3. The lowest BCUT2D eigenvalue weighted by molar-refractivity contribution is -0.117. The van der Waals surface area contributed by atoms with Crippen LogP contribution in [0.3, 0.4) is 0 Å². The highest BCUT2D eigenvalue weighted by Gasteiger charge is 2.17. The topological polar surface area (TPSA) is 60.5 Å². The number of nitrogens with one attached hydrogen (secondary N) is 1. The van der Waals surface area contributed by atoms with E-state index < -0.39 is 0 Å². The van der Waals surface area contributed by atoms with Gasteiger partial charge >= 0.3 is 0 Å². The maximum Gasteiger partial charge on any atom is 0.295 e. The van der Waals surface area contributed by atoms with E-state index in [9.17, 15) is 4.79 Å². The van der Waals surface area contributed by atoms with Gasteiger partial charge in [-0.25, -0.2) is 4.98 Å². The number of hydrogen-bond acceptors (Lipinski definition) is 5. The van der Waals surface area contributed by atoms with Crippen LogP contribution in [0.5, 0.6) is 0 Å². The van der Waals surface area contributed by atoms with E-state index in [0.717, 1.165) is 14.7 Å². The van der Waals surface area contributed by atoms with Crippen LogP contribution in [0, 0.1) is 0 Å². The lowest BCUT2D eigenvalue weighted by Crippen LogP contribution is -2.20. The first-order valence-electron chi connectivity index (χ1n) is 5.55. The fraction of sp³-hybridized carbons (Fsp3) is 0.167. The molecule has 1 N–H and O–H groups in total. The summed E-state index contributed by atoms with van der Waals surface area (Å²) in [5, 5.41) is 3.23. The fourth-order valence-electron chi connectivity index (χ4n) is 1.61. The third kappa shape index (κ3) is 2.57. The van der Waals surface area contributed by atoms with Crippen LogP contribution in [0.1, 0.15) is 0 Å². The number of anilines is 1. The summed E-state index contributed by atoms with van der Waals surface area (Å²) in [5.74, 6) is -0.181. The van der Waals surface area contributed by atoms with Crippen molar-refractivity contribution in [3.05, 3.63) is 34.7 Å². The number of thiazole rings is 1. The largest absolute Gasteiger partial charge is 0.494 e. The third-order valence-electron chi connectivity index (χ3n) is 2.46. The van der Waals surface area contributed by atoms with Crippen LogP contribution >= 0.6 is 27.3 Å². The Balaban J connectivity index is 1.83. The Hall–Kier alpha value is -1.60. The van der Waals surface area contributed by atoms with E-state index in [0.29, 0.717) is 18.3 Å². The minimum atomic E-state index is -0.352. The predicted molar refractivity (Wildman–Crippen MR) is 75.9 cm³/mol. The molecule has 7 heteroatoms. The normalized spacial score (nSPS) is 14.5. The molecule has 2 heterocycles. The number of ether oxygens (including phenoxy) is 2. The van der Waals surface area contributed by atoms with E-state index in [-0.39, 0.29) is 11.7 Å². The minimum absolute atomic E-state index is 0.171. The van der Waals surface area contributed by atoms with E-state index in [1.165, 1.54) is 17.6 Å². The molecule has 3 rings (SSSR count). The van der Waals surface area contributed by atoms with Crippen LogP contribution in [0.25, 0.3) is 10.2 Å². The van der Waals surface area contributed by atoms with Crippen molar-refractivity contribution >= 4 is 48.5 Å². The highest BCUT2D eigenvalue weighted by atomic mass is 79.9. The third-order valence-corrected chi connectivity index (χ3v) is 4.04. The molecule has 0 radical (unpaired) electrons. The average Bonchev–Trinajstić information content (AvgIpc) is 2.84. The molecule has 0 fully saturated rings. The lowest BCUT2D eigenvalue weighted by Gasteiger charge is -2.14. The number of carbonyl (C=O) groups is 1. The Morgan fingerprint density at radius 1 is 1.42 bits per heavy atom. The van der Waals surface area contributed by atoms with Gasteiger partial charge in [-0.05, 0) is 28.1 Å². The van der Waals surface area contributed by atoms with Crippen molar-refractivity contribution < 1.29 is 14.3 Å². The molecule has 0 unspecified atom stereocenters. The van der Waals surface area contributed by atoms with E-state index in [4.69, 9.17) is 9.47 Å². The molecule has 0 saturated carbocycles. The van der Waals surface area contributed by atoms with Gasteiger partial charge in [0, 0.05) is 4.47 Å². The van der Waals surface area contributed by atoms with Crippen molar-refractivity contribution in [2.75, 3.05) is 18.5 Å². The van der Waals surface area contributed by atoms with Crippen molar-refractivity contribution in [3.63, 3.8) is 0 Å². The minimum Gasteiger partial charge on any atom is -0.494 e. The number of rotatable bonds is 2. The van der Waals surface area contributed by atoms with Crippen LogP contribution in [0.4, 0.5) is 5.13 Å². The van der Waals surface area contributed by atoms with Crippen molar-refractivity contribution in [2.45, 2.75) is 0 Å². The fourth-order valence-corrected chi connectivity index (χ4v) is 3.09. The van der Waals surface area contributed by atoms with Gasteiger partial charge in [0.2, 0.25) is 5.76 Å². The molecule has 2 aromatic rings. The maximum absolute atomic E-state index is 11.9. The molecule has 1 amide bonds. The Morgan fingerprint density at radius 2 is 2.32 bits per heavy atom. The number of fused-ring (bicyclic) bond motifs is 1. The summed E-state index contributed by atoms with van der Waals surface area (Å²) in [6.07, 6.45) is 1.32. The lowest BCUT2D eigenvalue weighted by atomic mass is 10.3. The predicted octanol–water partition coefficient (Wildman–Crippen LogP) is 2.89. The smallest absolute Gasteiger partial charge is 0.295 e. The van der Waals surface area contributed by atoms with Gasteiger partial charge in [0.1, 0.15) is 19.5 Å². The van der Waals surface area contributed by atoms with Gasteiger partial charge in [-0.1, -0.05) is 17.4 Å². The number of aromatic nitrogens is 1. The van der Waals surface area contributed by atoms with Crippen LogP contribution in [0.2, 0.25) is 0 Å². The number of para-hydroxylation sites is 1.